The Morgan fingerprint density at radius 2 is 2.19 bits per heavy atom. The average molecular weight is 294 g/mol. The molecule has 3 atom stereocenters. The first-order chi connectivity index (χ1) is 10.1. The monoisotopic (exact) mass is 294 g/mol. The van der Waals surface area contributed by atoms with Gasteiger partial charge in [0.15, 0.2) is 0 Å². The summed E-state index contributed by atoms with van der Waals surface area (Å²) in [7, 11) is 2.14. The molecule has 0 saturated carbocycles. The third-order valence-corrected chi connectivity index (χ3v) is 4.34. The molecule has 1 aliphatic heterocycles. The Morgan fingerprint density at radius 3 is 2.81 bits per heavy atom. The molecule has 0 radical (unpaired) electrons. The topological polar surface area (TPSA) is 24.5 Å². The minimum Gasteiger partial charge on any atom is -0.380 e. The Hall–Kier alpha value is -0.970. The molecule has 2 rings (SSSR count). The molecule has 1 saturated heterocycles. The Morgan fingerprint density at radius 1 is 1.43 bits per heavy atom. The fourth-order valence-corrected chi connectivity index (χ4v) is 3.14. The van der Waals surface area contributed by atoms with Crippen molar-refractivity contribution >= 4 is 0 Å². The number of likely N-dealkylation sites (N-methyl/N-ethyl adjacent to an activating group) is 1. The second-order valence-electron chi connectivity index (χ2n) is 5.99. The van der Waals surface area contributed by atoms with E-state index in [0.29, 0.717) is 12.0 Å². The number of halogens is 1. The summed E-state index contributed by atoms with van der Waals surface area (Å²) in [6, 6.07) is 7.62. The molecule has 21 heavy (non-hydrogen) atoms. The Kier molecular flexibility index (Phi) is 6.15. The van der Waals surface area contributed by atoms with Crippen LogP contribution in [0, 0.1) is 11.7 Å². The van der Waals surface area contributed by atoms with Crippen LogP contribution < -0.4 is 5.32 Å². The van der Waals surface area contributed by atoms with Crippen molar-refractivity contribution in [3.05, 3.63) is 35.6 Å². The van der Waals surface area contributed by atoms with Gasteiger partial charge in [-0.15, -0.1) is 0 Å². The standard InChI is InChI=1S/C17H27FN2O/c1-4-19-17(15-7-5-6-8-16(15)18)13(2)11-20(3)14-9-10-21-12-14/h5-8,13-14,17,19H,4,9-12H2,1-3H3. The van der Waals surface area contributed by atoms with E-state index in [1.165, 1.54) is 0 Å². The molecule has 1 heterocycles. The summed E-state index contributed by atoms with van der Waals surface area (Å²) in [6.07, 6.45) is 1.09. The zero-order chi connectivity index (χ0) is 15.2. The molecule has 3 nitrogen and oxygen atoms in total. The van der Waals surface area contributed by atoms with Gasteiger partial charge in [-0.05, 0) is 32.0 Å². The minimum absolute atomic E-state index is 0.0426. The zero-order valence-corrected chi connectivity index (χ0v) is 13.3. The van der Waals surface area contributed by atoms with Gasteiger partial charge in [0.25, 0.3) is 0 Å². The van der Waals surface area contributed by atoms with Crippen molar-refractivity contribution in [1.29, 1.82) is 0 Å². The van der Waals surface area contributed by atoms with Crippen LogP contribution in [0.5, 0.6) is 0 Å². The van der Waals surface area contributed by atoms with Crippen LogP contribution >= 0.6 is 0 Å². The summed E-state index contributed by atoms with van der Waals surface area (Å²) < 4.78 is 19.5. The molecule has 4 heteroatoms. The molecule has 1 aromatic carbocycles. The largest absolute Gasteiger partial charge is 0.380 e. The number of benzene rings is 1. The lowest BCUT2D eigenvalue weighted by Gasteiger charge is -2.31. The van der Waals surface area contributed by atoms with Crippen molar-refractivity contribution in [3.63, 3.8) is 0 Å². The predicted molar refractivity (Wildman–Crippen MR) is 83.8 cm³/mol. The number of ether oxygens (including phenoxy) is 1. The first-order valence-electron chi connectivity index (χ1n) is 7.89. The van der Waals surface area contributed by atoms with Crippen LogP contribution in [-0.4, -0.2) is 44.3 Å². The second-order valence-corrected chi connectivity index (χ2v) is 5.99. The quantitative estimate of drug-likeness (QED) is 0.837. The number of nitrogens with one attached hydrogen (secondary N) is 1. The second kappa shape index (κ2) is 7.87. The Balaban J connectivity index is 2.04. The van der Waals surface area contributed by atoms with Crippen LogP contribution in [0.3, 0.4) is 0 Å². The molecule has 0 amide bonds. The number of nitrogens with zero attached hydrogens (tertiary/aromatic N) is 1. The third kappa shape index (κ3) is 4.25. The number of hydrogen-bond acceptors (Lipinski definition) is 3. The predicted octanol–water partition coefficient (Wildman–Crippen LogP) is 2.83. The van der Waals surface area contributed by atoms with Gasteiger partial charge in [-0.3, -0.25) is 0 Å². The van der Waals surface area contributed by atoms with E-state index < -0.39 is 0 Å². The van der Waals surface area contributed by atoms with Crippen molar-refractivity contribution in [2.45, 2.75) is 32.4 Å². The highest BCUT2D eigenvalue weighted by Gasteiger charge is 2.26. The summed E-state index contributed by atoms with van der Waals surface area (Å²) in [5.41, 5.74) is 0.767. The van der Waals surface area contributed by atoms with Gasteiger partial charge in [0.1, 0.15) is 5.82 Å². The average Bonchev–Trinajstić information content (AvgIpc) is 3.00. The van der Waals surface area contributed by atoms with Crippen molar-refractivity contribution in [1.82, 2.24) is 10.2 Å². The van der Waals surface area contributed by atoms with Gasteiger partial charge in [0, 0.05) is 30.8 Å². The number of hydrogen-bond donors (Lipinski definition) is 1. The first kappa shape index (κ1) is 16.4. The molecule has 1 aliphatic rings. The van der Waals surface area contributed by atoms with Crippen molar-refractivity contribution in [2.24, 2.45) is 5.92 Å². The lowest BCUT2D eigenvalue weighted by atomic mass is 9.93. The van der Waals surface area contributed by atoms with E-state index in [1.807, 2.05) is 12.1 Å². The van der Waals surface area contributed by atoms with Gasteiger partial charge in [0.05, 0.1) is 6.61 Å². The molecule has 1 aromatic rings. The molecule has 1 fully saturated rings. The molecule has 0 spiro atoms. The summed E-state index contributed by atoms with van der Waals surface area (Å²) in [4.78, 5) is 2.35. The third-order valence-electron chi connectivity index (χ3n) is 4.34. The molecule has 3 unspecified atom stereocenters. The fourth-order valence-electron chi connectivity index (χ4n) is 3.14. The lowest BCUT2D eigenvalue weighted by molar-refractivity contribution is 0.144. The highest BCUT2D eigenvalue weighted by atomic mass is 19.1. The van der Waals surface area contributed by atoms with E-state index in [1.54, 1.807) is 12.1 Å². The van der Waals surface area contributed by atoms with Crippen LogP contribution in [0.1, 0.15) is 31.9 Å². The van der Waals surface area contributed by atoms with Gasteiger partial charge in [-0.25, -0.2) is 4.39 Å². The maximum atomic E-state index is 14.1. The van der Waals surface area contributed by atoms with E-state index in [-0.39, 0.29) is 11.9 Å². The molecule has 0 bridgehead atoms. The van der Waals surface area contributed by atoms with Crippen molar-refractivity contribution in [3.8, 4) is 0 Å². The van der Waals surface area contributed by atoms with Crippen LogP contribution in [0.25, 0.3) is 0 Å². The fraction of sp³-hybridized carbons (Fsp3) is 0.647. The lowest BCUT2D eigenvalue weighted by Crippen LogP contribution is -2.39. The van der Waals surface area contributed by atoms with Gasteiger partial charge >= 0.3 is 0 Å². The zero-order valence-electron chi connectivity index (χ0n) is 13.3. The highest BCUT2D eigenvalue weighted by Crippen LogP contribution is 2.26. The van der Waals surface area contributed by atoms with Crippen LogP contribution in [0.15, 0.2) is 24.3 Å². The van der Waals surface area contributed by atoms with E-state index in [4.69, 9.17) is 4.74 Å². The Labute approximate surface area is 127 Å². The molecule has 0 aliphatic carbocycles. The van der Waals surface area contributed by atoms with Crippen LogP contribution in [-0.2, 0) is 4.74 Å². The van der Waals surface area contributed by atoms with Gasteiger partial charge < -0.3 is 15.0 Å². The molecule has 118 valence electrons. The summed E-state index contributed by atoms with van der Waals surface area (Å²) >= 11 is 0. The van der Waals surface area contributed by atoms with Crippen LogP contribution in [0.2, 0.25) is 0 Å². The summed E-state index contributed by atoms with van der Waals surface area (Å²) in [5, 5.41) is 3.44. The molecule has 0 aromatic heterocycles. The minimum atomic E-state index is -0.123. The molecular formula is C17H27FN2O. The van der Waals surface area contributed by atoms with Gasteiger partial charge in [-0.2, -0.15) is 0 Å². The van der Waals surface area contributed by atoms with E-state index in [2.05, 4.69) is 31.1 Å². The van der Waals surface area contributed by atoms with Gasteiger partial charge in [-0.1, -0.05) is 32.0 Å². The van der Waals surface area contributed by atoms with E-state index >= 15 is 0 Å². The van der Waals surface area contributed by atoms with Crippen molar-refractivity contribution in [2.75, 3.05) is 33.4 Å². The highest BCUT2D eigenvalue weighted by molar-refractivity contribution is 5.22. The maximum Gasteiger partial charge on any atom is 0.127 e. The maximum absolute atomic E-state index is 14.1. The number of rotatable bonds is 7. The van der Waals surface area contributed by atoms with Gasteiger partial charge in [0.2, 0.25) is 0 Å². The smallest absolute Gasteiger partial charge is 0.127 e. The first-order valence-corrected chi connectivity index (χ1v) is 7.89. The normalized spacial score (nSPS) is 21.7. The van der Waals surface area contributed by atoms with E-state index in [9.17, 15) is 4.39 Å². The van der Waals surface area contributed by atoms with Crippen LogP contribution in [0.4, 0.5) is 4.39 Å². The Bertz CT molecular complexity index is 435. The summed E-state index contributed by atoms with van der Waals surface area (Å²) in [6.45, 7) is 7.68. The molecular weight excluding hydrogens is 267 g/mol. The molecule has 1 N–H and O–H groups in total. The summed E-state index contributed by atoms with van der Waals surface area (Å²) in [5.74, 6) is 0.203. The van der Waals surface area contributed by atoms with Crippen molar-refractivity contribution < 1.29 is 9.13 Å². The SMILES string of the molecule is CCNC(c1ccccc1F)C(C)CN(C)C1CCOC1. The van der Waals surface area contributed by atoms with E-state index in [0.717, 1.165) is 38.3 Å².